The van der Waals surface area contributed by atoms with Gasteiger partial charge in [-0.05, 0) is 18.6 Å². The first-order valence-corrected chi connectivity index (χ1v) is 6.10. The number of ether oxygens (including phenoxy) is 1. The highest BCUT2D eigenvalue weighted by Crippen LogP contribution is 2.13. The molecule has 3 N–H and O–H groups in total. The van der Waals surface area contributed by atoms with E-state index in [2.05, 4.69) is 10.3 Å². The second-order valence-corrected chi connectivity index (χ2v) is 4.25. The Labute approximate surface area is 112 Å². The third kappa shape index (κ3) is 3.66. The molecule has 0 saturated carbocycles. The zero-order chi connectivity index (χ0) is 13.5. The van der Waals surface area contributed by atoms with Gasteiger partial charge in [0.15, 0.2) is 0 Å². The molecule has 1 aromatic heterocycles. The van der Waals surface area contributed by atoms with Gasteiger partial charge in [0.25, 0.3) is 5.91 Å². The molecule has 5 nitrogen and oxygen atoms in total. The molecular formula is C12H17N3O2S. The second-order valence-electron chi connectivity index (χ2n) is 3.78. The number of pyridine rings is 1. The topological polar surface area (TPSA) is 77.2 Å². The number of amides is 1. The highest BCUT2D eigenvalue weighted by atomic mass is 32.1. The van der Waals surface area contributed by atoms with E-state index >= 15 is 0 Å². The van der Waals surface area contributed by atoms with Gasteiger partial charge in [-0.25, -0.2) is 4.98 Å². The van der Waals surface area contributed by atoms with Crippen molar-refractivity contribution in [3.63, 3.8) is 0 Å². The van der Waals surface area contributed by atoms with E-state index in [1.54, 1.807) is 18.3 Å². The van der Waals surface area contributed by atoms with Crippen LogP contribution < -0.4 is 15.8 Å². The van der Waals surface area contributed by atoms with Crippen LogP contribution in [0.1, 0.15) is 30.1 Å². The van der Waals surface area contributed by atoms with Crippen LogP contribution in [0.3, 0.4) is 0 Å². The van der Waals surface area contributed by atoms with Crippen LogP contribution >= 0.6 is 12.2 Å². The number of carbonyl (C=O) groups excluding carboxylic acids is 1. The lowest BCUT2D eigenvalue weighted by atomic mass is 10.1. The van der Waals surface area contributed by atoms with E-state index in [0.29, 0.717) is 12.0 Å². The van der Waals surface area contributed by atoms with Gasteiger partial charge in [-0.1, -0.05) is 25.6 Å². The van der Waals surface area contributed by atoms with Gasteiger partial charge in [0.1, 0.15) is 5.56 Å². The Hall–Kier alpha value is -1.69. The van der Waals surface area contributed by atoms with Crippen LogP contribution in [-0.4, -0.2) is 29.0 Å². The number of nitrogens with one attached hydrogen (secondary N) is 1. The maximum Gasteiger partial charge on any atom is 0.257 e. The van der Waals surface area contributed by atoms with E-state index in [1.165, 1.54) is 7.11 Å². The molecule has 0 fully saturated rings. The lowest BCUT2D eigenvalue weighted by Crippen LogP contribution is -2.43. The van der Waals surface area contributed by atoms with E-state index in [9.17, 15) is 4.79 Å². The van der Waals surface area contributed by atoms with Crippen LogP contribution in [0, 0.1) is 0 Å². The number of nitrogens with zero attached hydrogens (tertiary/aromatic N) is 1. The van der Waals surface area contributed by atoms with E-state index < -0.39 is 0 Å². The highest BCUT2D eigenvalue weighted by molar-refractivity contribution is 7.80. The van der Waals surface area contributed by atoms with E-state index in [-0.39, 0.29) is 22.8 Å². The van der Waals surface area contributed by atoms with Crippen molar-refractivity contribution in [2.75, 3.05) is 7.11 Å². The van der Waals surface area contributed by atoms with Gasteiger partial charge >= 0.3 is 0 Å². The van der Waals surface area contributed by atoms with Gasteiger partial charge in [-0.15, -0.1) is 0 Å². The number of nitrogens with two attached hydrogens (primary N) is 1. The molecule has 0 aliphatic carbocycles. The Kier molecular flexibility index (Phi) is 5.51. The molecule has 0 radical (unpaired) electrons. The summed E-state index contributed by atoms with van der Waals surface area (Å²) in [7, 11) is 1.47. The van der Waals surface area contributed by atoms with E-state index in [1.807, 2.05) is 6.92 Å². The summed E-state index contributed by atoms with van der Waals surface area (Å²) in [6, 6.07) is 3.01. The number of carbonyl (C=O) groups is 1. The summed E-state index contributed by atoms with van der Waals surface area (Å²) in [6.45, 7) is 2.00. The average molecular weight is 267 g/mol. The normalized spacial score (nSPS) is 11.7. The van der Waals surface area contributed by atoms with Crippen molar-refractivity contribution >= 4 is 23.1 Å². The highest BCUT2D eigenvalue weighted by Gasteiger charge is 2.18. The van der Waals surface area contributed by atoms with Crippen molar-refractivity contribution in [3.05, 3.63) is 23.9 Å². The first kappa shape index (κ1) is 14.4. The smallest absolute Gasteiger partial charge is 0.257 e. The van der Waals surface area contributed by atoms with Gasteiger partial charge in [0.05, 0.1) is 18.1 Å². The Morgan fingerprint density at radius 2 is 2.39 bits per heavy atom. The number of methoxy groups -OCH3 is 1. The molecule has 1 amide bonds. The van der Waals surface area contributed by atoms with Gasteiger partial charge in [-0.2, -0.15) is 0 Å². The van der Waals surface area contributed by atoms with Crippen molar-refractivity contribution in [1.29, 1.82) is 0 Å². The lowest BCUT2D eigenvalue weighted by molar-refractivity contribution is 0.0942. The molecule has 0 aliphatic rings. The lowest BCUT2D eigenvalue weighted by Gasteiger charge is -2.17. The van der Waals surface area contributed by atoms with Crippen molar-refractivity contribution in [2.45, 2.75) is 25.8 Å². The molecule has 98 valence electrons. The molecule has 0 aliphatic heterocycles. The Morgan fingerprint density at radius 3 is 2.94 bits per heavy atom. The predicted octanol–water partition coefficient (Wildman–Crippen LogP) is 1.27. The van der Waals surface area contributed by atoms with Crippen LogP contribution in [0.15, 0.2) is 18.3 Å². The first-order valence-electron chi connectivity index (χ1n) is 5.69. The number of aromatic nitrogens is 1. The summed E-state index contributed by atoms with van der Waals surface area (Å²) in [5, 5.41) is 2.78. The minimum absolute atomic E-state index is 0.285. The first-order chi connectivity index (χ1) is 8.60. The van der Waals surface area contributed by atoms with Crippen LogP contribution in [0.25, 0.3) is 0 Å². The largest absolute Gasteiger partial charge is 0.480 e. The molecule has 1 rings (SSSR count). The molecule has 0 bridgehead atoms. The summed E-state index contributed by atoms with van der Waals surface area (Å²) in [5.74, 6) is -0.000566. The predicted molar refractivity (Wildman–Crippen MR) is 73.7 cm³/mol. The van der Waals surface area contributed by atoms with Gasteiger partial charge in [0.2, 0.25) is 5.88 Å². The van der Waals surface area contributed by atoms with Crippen molar-refractivity contribution in [1.82, 2.24) is 10.3 Å². The molecule has 0 saturated heterocycles. The number of hydrogen-bond donors (Lipinski definition) is 2. The zero-order valence-electron chi connectivity index (χ0n) is 10.5. The molecule has 1 atom stereocenters. The summed E-state index contributed by atoms with van der Waals surface area (Å²) >= 11 is 4.93. The van der Waals surface area contributed by atoms with Crippen molar-refractivity contribution in [3.8, 4) is 5.88 Å². The number of rotatable bonds is 6. The molecule has 6 heteroatoms. The standard InChI is InChI=1S/C12H17N3O2S/c1-3-5-9(10(13)18)15-11(16)8-6-4-7-14-12(8)17-2/h4,6-7,9H,3,5H2,1-2H3,(H2,13,18)(H,15,16). The Bertz CT molecular complexity index is 437. The summed E-state index contributed by atoms with van der Waals surface area (Å²) < 4.78 is 5.03. The third-order valence-corrected chi connectivity index (χ3v) is 2.72. The van der Waals surface area contributed by atoms with Crippen LogP contribution in [0.2, 0.25) is 0 Å². The summed E-state index contributed by atoms with van der Waals surface area (Å²) in [4.78, 5) is 16.3. The number of thiocarbonyl (C=S) groups is 1. The maximum absolute atomic E-state index is 12.1. The molecule has 18 heavy (non-hydrogen) atoms. The fraction of sp³-hybridized carbons (Fsp3) is 0.417. The van der Waals surface area contributed by atoms with Gasteiger partial charge < -0.3 is 15.8 Å². The van der Waals surface area contributed by atoms with Gasteiger partial charge in [0, 0.05) is 6.20 Å². The second kappa shape index (κ2) is 6.90. The minimum Gasteiger partial charge on any atom is -0.480 e. The molecule has 1 aromatic rings. The Balaban J connectivity index is 2.83. The number of hydrogen-bond acceptors (Lipinski definition) is 4. The van der Waals surface area contributed by atoms with Crippen molar-refractivity contribution < 1.29 is 9.53 Å². The molecular weight excluding hydrogens is 250 g/mol. The molecule has 0 aromatic carbocycles. The third-order valence-electron chi connectivity index (χ3n) is 2.44. The molecule has 0 spiro atoms. The molecule has 1 heterocycles. The van der Waals surface area contributed by atoms with Crippen molar-refractivity contribution in [2.24, 2.45) is 5.73 Å². The van der Waals surface area contributed by atoms with Crippen LogP contribution in [-0.2, 0) is 0 Å². The Morgan fingerprint density at radius 1 is 1.67 bits per heavy atom. The summed E-state index contributed by atoms with van der Waals surface area (Å²) in [5.41, 5.74) is 5.96. The van der Waals surface area contributed by atoms with Crippen LogP contribution in [0.4, 0.5) is 0 Å². The van der Waals surface area contributed by atoms with E-state index in [4.69, 9.17) is 22.7 Å². The SMILES string of the molecule is CCCC(NC(=O)c1cccnc1OC)C(N)=S. The van der Waals surface area contributed by atoms with E-state index in [0.717, 1.165) is 6.42 Å². The van der Waals surface area contributed by atoms with Crippen LogP contribution in [0.5, 0.6) is 5.88 Å². The minimum atomic E-state index is -0.303. The maximum atomic E-state index is 12.1. The molecule has 1 unspecified atom stereocenters. The quantitative estimate of drug-likeness (QED) is 0.759. The summed E-state index contributed by atoms with van der Waals surface area (Å²) in [6.07, 6.45) is 3.16. The van der Waals surface area contributed by atoms with Gasteiger partial charge in [-0.3, -0.25) is 4.79 Å². The average Bonchev–Trinajstić information content (AvgIpc) is 2.37. The fourth-order valence-corrected chi connectivity index (χ4v) is 1.71. The zero-order valence-corrected chi connectivity index (χ0v) is 11.3. The fourth-order valence-electron chi connectivity index (χ4n) is 1.54. The monoisotopic (exact) mass is 267 g/mol.